The maximum atomic E-state index is 12.7. The summed E-state index contributed by atoms with van der Waals surface area (Å²) in [5.41, 5.74) is 1.26. The minimum Gasteiger partial charge on any atom is -0.207 e. The minimum absolute atomic E-state index is 0.136. The second-order valence-electron chi connectivity index (χ2n) is 5.41. The predicted molar refractivity (Wildman–Crippen MR) is 81.6 cm³/mol. The Hall–Kier alpha value is -0.850. The number of aryl methyl sites for hydroxylation is 1. The second kappa shape index (κ2) is 11.0. The summed E-state index contributed by atoms with van der Waals surface area (Å²) in [5.74, 6) is -0.136. The molecule has 0 aliphatic heterocycles. The van der Waals surface area contributed by atoms with Gasteiger partial charge in [-0.15, -0.1) is 0 Å². The quantitative estimate of drug-likeness (QED) is 0.423. The van der Waals surface area contributed by atoms with Gasteiger partial charge in [0, 0.05) is 0 Å². The SMILES string of the molecule is [CH2]CCCCCCCCCCCc1ccc(F)cc1. The van der Waals surface area contributed by atoms with Crippen LogP contribution < -0.4 is 0 Å². The van der Waals surface area contributed by atoms with Crippen molar-refractivity contribution >= 4 is 0 Å². The summed E-state index contributed by atoms with van der Waals surface area (Å²) >= 11 is 0. The zero-order chi connectivity index (χ0) is 13.8. The molecule has 0 saturated carbocycles. The van der Waals surface area contributed by atoms with Crippen LogP contribution in [0.25, 0.3) is 0 Å². The van der Waals surface area contributed by atoms with Crippen molar-refractivity contribution in [2.75, 3.05) is 0 Å². The molecule has 0 amide bonds. The first-order valence-electron chi connectivity index (χ1n) is 7.86. The molecule has 0 nitrogen and oxygen atoms in total. The van der Waals surface area contributed by atoms with Crippen molar-refractivity contribution in [1.82, 2.24) is 0 Å². The first-order valence-corrected chi connectivity index (χ1v) is 7.86. The van der Waals surface area contributed by atoms with E-state index in [-0.39, 0.29) is 5.82 Å². The number of benzene rings is 1. The van der Waals surface area contributed by atoms with E-state index >= 15 is 0 Å². The predicted octanol–water partition coefficient (Wildman–Crippen LogP) is 6.10. The smallest absolute Gasteiger partial charge is 0.123 e. The highest BCUT2D eigenvalue weighted by Gasteiger charge is 1.95. The van der Waals surface area contributed by atoms with Crippen LogP contribution in [0.3, 0.4) is 0 Å². The fourth-order valence-electron chi connectivity index (χ4n) is 2.39. The maximum Gasteiger partial charge on any atom is 0.123 e. The molecule has 1 aromatic carbocycles. The number of hydrogen-bond donors (Lipinski definition) is 0. The zero-order valence-corrected chi connectivity index (χ0v) is 12.2. The van der Waals surface area contributed by atoms with Crippen LogP contribution in [0.4, 0.5) is 4.39 Å². The number of rotatable bonds is 11. The number of hydrogen-bond acceptors (Lipinski definition) is 0. The standard InChI is InChI=1S/C18H28F/c1-2-3-4-5-6-7-8-9-10-11-12-17-13-15-18(19)16-14-17/h13-16H,1-12H2. The zero-order valence-electron chi connectivity index (χ0n) is 12.2. The van der Waals surface area contributed by atoms with Crippen molar-refractivity contribution in [3.8, 4) is 0 Å². The lowest BCUT2D eigenvalue weighted by atomic mass is 10.0. The fourth-order valence-corrected chi connectivity index (χ4v) is 2.39. The minimum atomic E-state index is -0.136. The van der Waals surface area contributed by atoms with Gasteiger partial charge in [-0.05, 0) is 30.5 Å². The highest BCUT2D eigenvalue weighted by atomic mass is 19.1. The molecular formula is C18H28F. The lowest BCUT2D eigenvalue weighted by Crippen LogP contribution is -1.87. The van der Waals surface area contributed by atoms with Gasteiger partial charge in [0.25, 0.3) is 0 Å². The Labute approximate surface area is 118 Å². The molecule has 0 aliphatic rings. The van der Waals surface area contributed by atoms with Crippen LogP contribution >= 0.6 is 0 Å². The molecule has 0 aliphatic carbocycles. The van der Waals surface area contributed by atoms with E-state index in [9.17, 15) is 4.39 Å². The molecule has 19 heavy (non-hydrogen) atoms. The molecule has 0 fully saturated rings. The van der Waals surface area contributed by atoms with Gasteiger partial charge in [0.05, 0.1) is 0 Å². The van der Waals surface area contributed by atoms with E-state index in [1.807, 2.05) is 12.1 Å². The molecule has 0 bridgehead atoms. The topological polar surface area (TPSA) is 0 Å². The van der Waals surface area contributed by atoms with Gasteiger partial charge in [0.2, 0.25) is 0 Å². The average Bonchev–Trinajstić information content (AvgIpc) is 2.43. The van der Waals surface area contributed by atoms with E-state index in [1.54, 1.807) is 12.1 Å². The van der Waals surface area contributed by atoms with Crippen LogP contribution in [0.2, 0.25) is 0 Å². The van der Waals surface area contributed by atoms with Crippen LogP contribution in [0.15, 0.2) is 24.3 Å². The summed E-state index contributed by atoms with van der Waals surface area (Å²) in [5, 5.41) is 0. The van der Waals surface area contributed by atoms with Crippen LogP contribution in [-0.4, -0.2) is 0 Å². The Kier molecular flexibility index (Phi) is 9.40. The molecular weight excluding hydrogens is 235 g/mol. The molecule has 1 aromatic rings. The summed E-state index contributed by atoms with van der Waals surface area (Å²) in [7, 11) is 0. The lowest BCUT2D eigenvalue weighted by molar-refractivity contribution is 0.559. The van der Waals surface area contributed by atoms with E-state index in [0.717, 1.165) is 12.8 Å². The Bertz CT molecular complexity index is 302. The normalized spacial score (nSPS) is 10.8. The molecule has 0 saturated heterocycles. The molecule has 1 radical (unpaired) electrons. The van der Waals surface area contributed by atoms with E-state index < -0.39 is 0 Å². The first-order chi connectivity index (χ1) is 9.33. The lowest BCUT2D eigenvalue weighted by Gasteiger charge is -2.03. The third-order valence-corrected chi connectivity index (χ3v) is 3.63. The largest absolute Gasteiger partial charge is 0.207 e. The van der Waals surface area contributed by atoms with Crippen LogP contribution in [-0.2, 0) is 6.42 Å². The molecule has 0 aromatic heterocycles. The van der Waals surface area contributed by atoms with Crippen LogP contribution in [0.1, 0.15) is 69.8 Å². The van der Waals surface area contributed by atoms with E-state index in [0.29, 0.717) is 0 Å². The van der Waals surface area contributed by atoms with Crippen molar-refractivity contribution < 1.29 is 4.39 Å². The van der Waals surface area contributed by atoms with Gasteiger partial charge in [-0.3, -0.25) is 0 Å². The Morgan fingerprint density at radius 3 is 1.68 bits per heavy atom. The molecule has 0 heterocycles. The fraction of sp³-hybridized carbons (Fsp3) is 0.611. The number of halogens is 1. The van der Waals surface area contributed by atoms with Crippen molar-refractivity contribution in [1.29, 1.82) is 0 Å². The van der Waals surface area contributed by atoms with Crippen molar-refractivity contribution in [2.24, 2.45) is 0 Å². The van der Waals surface area contributed by atoms with Gasteiger partial charge in [-0.1, -0.05) is 76.8 Å². The van der Waals surface area contributed by atoms with Gasteiger partial charge in [-0.25, -0.2) is 4.39 Å². The summed E-state index contributed by atoms with van der Waals surface area (Å²) in [6.07, 6.45) is 14.2. The Balaban J connectivity index is 1.87. The Morgan fingerprint density at radius 2 is 1.16 bits per heavy atom. The van der Waals surface area contributed by atoms with E-state index in [2.05, 4.69) is 6.92 Å². The molecule has 0 spiro atoms. The highest BCUT2D eigenvalue weighted by Crippen LogP contribution is 2.12. The van der Waals surface area contributed by atoms with E-state index in [1.165, 1.54) is 63.4 Å². The van der Waals surface area contributed by atoms with Crippen molar-refractivity contribution in [2.45, 2.75) is 70.6 Å². The highest BCUT2D eigenvalue weighted by molar-refractivity contribution is 5.15. The maximum absolute atomic E-state index is 12.7. The molecule has 0 N–H and O–H groups in total. The van der Waals surface area contributed by atoms with Crippen LogP contribution in [0.5, 0.6) is 0 Å². The first kappa shape index (κ1) is 16.2. The molecule has 0 unspecified atom stereocenters. The van der Waals surface area contributed by atoms with E-state index in [4.69, 9.17) is 0 Å². The molecule has 0 atom stereocenters. The molecule has 1 rings (SSSR count). The summed E-state index contributed by atoms with van der Waals surface area (Å²) in [4.78, 5) is 0. The van der Waals surface area contributed by atoms with Crippen molar-refractivity contribution in [3.63, 3.8) is 0 Å². The second-order valence-corrected chi connectivity index (χ2v) is 5.41. The van der Waals surface area contributed by atoms with Crippen molar-refractivity contribution in [3.05, 3.63) is 42.6 Å². The summed E-state index contributed by atoms with van der Waals surface area (Å²) < 4.78 is 12.7. The third-order valence-electron chi connectivity index (χ3n) is 3.63. The average molecular weight is 263 g/mol. The van der Waals surface area contributed by atoms with Gasteiger partial charge < -0.3 is 0 Å². The summed E-state index contributed by atoms with van der Waals surface area (Å²) in [6.45, 7) is 3.86. The monoisotopic (exact) mass is 263 g/mol. The van der Waals surface area contributed by atoms with Crippen LogP contribution in [0, 0.1) is 12.7 Å². The van der Waals surface area contributed by atoms with Gasteiger partial charge in [0.15, 0.2) is 0 Å². The summed E-state index contributed by atoms with van der Waals surface area (Å²) in [6, 6.07) is 6.91. The van der Waals surface area contributed by atoms with Gasteiger partial charge in [-0.2, -0.15) is 0 Å². The molecule has 107 valence electrons. The van der Waals surface area contributed by atoms with Gasteiger partial charge >= 0.3 is 0 Å². The Morgan fingerprint density at radius 1 is 0.684 bits per heavy atom. The van der Waals surface area contributed by atoms with Gasteiger partial charge in [0.1, 0.15) is 5.82 Å². The third kappa shape index (κ3) is 8.80. The molecule has 1 heteroatoms. The number of unbranched alkanes of at least 4 members (excludes halogenated alkanes) is 9.